The van der Waals surface area contributed by atoms with Gasteiger partial charge in [-0.3, -0.25) is 4.99 Å². The number of nitrogens with zero attached hydrogens (tertiary/aromatic N) is 1. The highest BCUT2D eigenvalue weighted by atomic mass is 16.1. The number of hydrogen-bond acceptors (Lipinski definition) is 2. The van der Waals surface area contributed by atoms with Gasteiger partial charge in [-0.1, -0.05) is 12.7 Å². The summed E-state index contributed by atoms with van der Waals surface area (Å²) in [5, 5.41) is 0. The summed E-state index contributed by atoms with van der Waals surface area (Å²) < 4.78 is 0. The summed E-state index contributed by atoms with van der Waals surface area (Å²) in [5.41, 5.74) is 0.889. The average Bonchev–Trinajstić information content (AvgIpc) is 1.98. The van der Waals surface area contributed by atoms with E-state index in [-0.39, 0.29) is 0 Å². The number of allylic oxidation sites excluding steroid dienone is 3. The Morgan fingerprint density at radius 3 is 2.80 bits per heavy atom. The van der Waals surface area contributed by atoms with Crippen molar-refractivity contribution in [3.8, 4) is 0 Å². The van der Waals surface area contributed by atoms with Crippen molar-refractivity contribution in [3.05, 3.63) is 24.3 Å². The van der Waals surface area contributed by atoms with Crippen LogP contribution in [-0.4, -0.2) is 19.5 Å². The number of aldehydes is 1. The van der Waals surface area contributed by atoms with Crippen LogP contribution in [0, 0.1) is 0 Å². The predicted octanol–water partition coefficient (Wildman–Crippen LogP) is 1.39. The van der Waals surface area contributed by atoms with Gasteiger partial charge in [-0.25, -0.2) is 0 Å². The van der Waals surface area contributed by atoms with Gasteiger partial charge in [0.2, 0.25) is 0 Å². The lowest BCUT2D eigenvalue weighted by molar-refractivity contribution is -0.107. The minimum Gasteiger partial charge on any atom is -0.303 e. The molecule has 0 saturated carbocycles. The highest BCUT2D eigenvalue weighted by molar-refractivity contribution is 5.74. The number of rotatable bonds is 4. The molecule has 2 nitrogen and oxygen atoms in total. The molecule has 0 aromatic carbocycles. The highest BCUT2D eigenvalue weighted by Crippen LogP contribution is 1.97. The van der Waals surface area contributed by atoms with E-state index in [1.165, 1.54) is 0 Å². The van der Waals surface area contributed by atoms with Gasteiger partial charge in [-0.2, -0.15) is 0 Å². The van der Waals surface area contributed by atoms with Gasteiger partial charge >= 0.3 is 0 Å². The number of carbonyl (C=O) groups is 1. The van der Waals surface area contributed by atoms with E-state index in [2.05, 4.69) is 11.6 Å². The lowest BCUT2D eigenvalue weighted by atomic mass is 10.2. The van der Waals surface area contributed by atoms with E-state index in [9.17, 15) is 4.79 Å². The molecule has 0 bridgehead atoms. The van der Waals surface area contributed by atoms with Gasteiger partial charge in [0, 0.05) is 19.7 Å². The molecule has 0 saturated heterocycles. The third kappa shape index (κ3) is 3.78. The molecule has 2 heteroatoms. The van der Waals surface area contributed by atoms with Gasteiger partial charge in [0.15, 0.2) is 0 Å². The van der Waals surface area contributed by atoms with E-state index in [1.54, 1.807) is 25.4 Å². The third-order valence-corrected chi connectivity index (χ3v) is 1.02. The van der Waals surface area contributed by atoms with Crippen LogP contribution < -0.4 is 0 Å². The number of hydrogen-bond donors (Lipinski definition) is 0. The smallest absolute Gasteiger partial charge is 0.124 e. The Morgan fingerprint density at radius 1 is 1.70 bits per heavy atom. The Morgan fingerprint density at radius 2 is 2.40 bits per heavy atom. The Bertz CT molecular complexity index is 168. The Labute approximate surface area is 61.0 Å². The van der Waals surface area contributed by atoms with E-state index in [1.807, 2.05) is 0 Å². The number of aliphatic imine (C=N–C) groups is 1. The van der Waals surface area contributed by atoms with Crippen molar-refractivity contribution in [2.45, 2.75) is 6.42 Å². The first kappa shape index (κ1) is 8.82. The molecule has 0 unspecified atom stereocenters. The van der Waals surface area contributed by atoms with Crippen LogP contribution in [0.2, 0.25) is 0 Å². The second-order valence-corrected chi connectivity index (χ2v) is 1.72. The molecule has 54 valence electrons. The maximum absolute atomic E-state index is 10.0. The monoisotopic (exact) mass is 137 g/mol. The normalized spacial score (nSPS) is 11.9. The van der Waals surface area contributed by atoms with Gasteiger partial charge in [0.1, 0.15) is 6.29 Å². The first-order chi connectivity index (χ1) is 4.85. The van der Waals surface area contributed by atoms with Crippen molar-refractivity contribution >= 4 is 12.5 Å². The van der Waals surface area contributed by atoms with Crippen molar-refractivity contribution in [1.82, 2.24) is 0 Å². The molecular weight excluding hydrogens is 126 g/mol. The second-order valence-electron chi connectivity index (χ2n) is 1.72. The van der Waals surface area contributed by atoms with Crippen LogP contribution in [0.1, 0.15) is 6.42 Å². The Balaban J connectivity index is 4.02. The van der Waals surface area contributed by atoms with Crippen molar-refractivity contribution in [3.63, 3.8) is 0 Å². The summed E-state index contributed by atoms with van der Waals surface area (Å²) in [6.07, 6.45) is 6.31. The summed E-state index contributed by atoms with van der Waals surface area (Å²) in [6, 6.07) is 0. The van der Waals surface area contributed by atoms with Gasteiger partial charge in [0.25, 0.3) is 0 Å². The Hall–Kier alpha value is -1.18. The van der Waals surface area contributed by atoms with Crippen molar-refractivity contribution in [2.24, 2.45) is 4.99 Å². The van der Waals surface area contributed by atoms with Crippen LogP contribution in [0.5, 0.6) is 0 Å². The third-order valence-electron chi connectivity index (χ3n) is 1.02. The molecule has 0 aromatic heterocycles. The molecule has 0 radical (unpaired) electrons. The number of carbonyl (C=O) groups excluding carboxylic acids is 1. The maximum atomic E-state index is 10.0. The highest BCUT2D eigenvalue weighted by Gasteiger charge is 1.85. The molecule has 0 heterocycles. The fourth-order valence-corrected chi connectivity index (χ4v) is 0.486. The molecule has 0 spiro atoms. The second kappa shape index (κ2) is 5.95. The Kier molecular flexibility index (Phi) is 5.25. The van der Waals surface area contributed by atoms with Crippen LogP contribution in [0.3, 0.4) is 0 Å². The summed E-state index contributed by atoms with van der Waals surface area (Å²) >= 11 is 0. The molecule has 10 heavy (non-hydrogen) atoms. The minimum absolute atomic E-state index is 0.412. The molecular formula is C8H11NO. The van der Waals surface area contributed by atoms with Gasteiger partial charge < -0.3 is 4.79 Å². The fraction of sp³-hybridized carbons (Fsp3) is 0.250. The molecule has 0 amide bonds. The zero-order chi connectivity index (χ0) is 7.82. The van der Waals surface area contributed by atoms with Gasteiger partial charge in [0.05, 0.1) is 0 Å². The standard InChI is InChI=1S/C8H11NO/c1-3-8(5-7-10)4-6-9-2/h3-4,6-7H,1,5H2,2H3/b8-4+,9-6-. The topological polar surface area (TPSA) is 29.4 Å². The quantitative estimate of drug-likeness (QED) is 0.327. The molecule has 0 aromatic rings. The van der Waals surface area contributed by atoms with Crippen LogP contribution in [0.15, 0.2) is 29.3 Å². The summed E-state index contributed by atoms with van der Waals surface area (Å²) in [5.74, 6) is 0. The van der Waals surface area contributed by atoms with Crippen molar-refractivity contribution in [1.29, 1.82) is 0 Å². The maximum Gasteiger partial charge on any atom is 0.124 e. The van der Waals surface area contributed by atoms with E-state index in [0.717, 1.165) is 11.9 Å². The van der Waals surface area contributed by atoms with Crippen molar-refractivity contribution < 1.29 is 4.79 Å². The summed E-state index contributed by atoms with van der Waals surface area (Å²) in [4.78, 5) is 13.7. The van der Waals surface area contributed by atoms with E-state index < -0.39 is 0 Å². The zero-order valence-electron chi connectivity index (χ0n) is 6.08. The lowest BCUT2D eigenvalue weighted by Gasteiger charge is -1.88. The van der Waals surface area contributed by atoms with E-state index >= 15 is 0 Å². The van der Waals surface area contributed by atoms with Gasteiger partial charge in [-0.05, 0) is 11.6 Å². The summed E-state index contributed by atoms with van der Waals surface area (Å²) in [7, 11) is 1.68. The lowest BCUT2D eigenvalue weighted by Crippen LogP contribution is -1.79. The molecule has 0 N–H and O–H groups in total. The largest absolute Gasteiger partial charge is 0.303 e. The predicted molar refractivity (Wildman–Crippen MR) is 43.4 cm³/mol. The first-order valence-electron chi connectivity index (χ1n) is 3.02. The molecule has 0 atom stereocenters. The van der Waals surface area contributed by atoms with Crippen molar-refractivity contribution in [2.75, 3.05) is 7.05 Å². The van der Waals surface area contributed by atoms with Crippen LogP contribution in [0.25, 0.3) is 0 Å². The molecule has 0 aliphatic heterocycles. The molecule has 0 aliphatic carbocycles. The zero-order valence-corrected chi connectivity index (χ0v) is 6.08. The fourth-order valence-electron chi connectivity index (χ4n) is 0.486. The van der Waals surface area contributed by atoms with Crippen LogP contribution in [-0.2, 0) is 4.79 Å². The minimum atomic E-state index is 0.412. The van der Waals surface area contributed by atoms with E-state index in [4.69, 9.17) is 0 Å². The summed E-state index contributed by atoms with van der Waals surface area (Å²) in [6.45, 7) is 3.54. The first-order valence-corrected chi connectivity index (χ1v) is 3.02. The SMILES string of the molecule is C=C/C(=C\C=N/C)CC=O. The van der Waals surface area contributed by atoms with Gasteiger partial charge in [-0.15, -0.1) is 0 Å². The molecule has 0 aliphatic rings. The van der Waals surface area contributed by atoms with Crippen LogP contribution in [0.4, 0.5) is 0 Å². The molecule has 0 rings (SSSR count). The van der Waals surface area contributed by atoms with E-state index in [0.29, 0.717) is 6.42 Å². The van der Waals surface area contributed by atoms with Crippen LogP contribution >= 0.6 is 0 Å². The average molecular weight is 137 g/mol. The molecule has 0 fully saturated rings.